The van der Waals surface area contributed by atoms with Crippen LogP contribution in [0.5, 0.6) is 0 Å². The van der Waals surface area contributed by atoms with Gasteiger partial charge >= 0.3 is 0 Å². The van der Waals surface area contributed by atoms with Crippen LogP contribution in [0.1, 0.15) is 41.3 Å². The maximum absolute atomic E-state index is 5.88. The summed E-state index contributed by atoms with van der Waals surface area (Å²) in [7, 11) is 0. The van der Waals surface area contributed by atoms with Gasteiger partial charge < -0.3 is 15.8 Å². The van der Waals surface area contributed by atoms with Crippen molar-refractivity contribution in [2.75, 3.05) is 19.7 Å². The van der Waals surface area contributed by atoms with Crippen molar-refractivity contribution in [1.82, 2.24) is 10.3 Å². The smallest absolute Gasteiger partial charge is 0.188 e. The first kappa shape index (κ1) is 14.8. The molecule has 2 aliphatic rings. The van der Waals surface area contributed by atoms with Crippen molar-refractivity contribution in [2.24, 2.45) is 10.7 Å². The minimum atomic E-state index is 0.260. The lowest BCUT2D eigenvalue weighted by Crippen LogP contribution is -2.34. The molecule has 5 nitrogen and oxygen atoms in total. The number of fused-ring (bicyclic) bond motifs is 1. The van der Waals surface area contributed by atoms with Crippen LogP contribution in [0.4, 0.5) is 0 Å². The standard InChI is InChI=1S/C15H24N4OS/c16-15(18-10-11-4-3-9-20-11)17-8-7-14-19-12-5-1-2-6-13(12)21-14/h11H,1-10H2,(H3,16,17,18). The van der Waals surface area contributed by atoms with E-state index in [1.165, 1.54) is 34.8 Å². The van der Waals surface area contributed by atoms with Gasteiger partial charge in [-0.1, -0.05) is 0 Å². The largest absolute Gasteiger partial charge is 0.376 e. The first-order valence-corrected chi connectivity index (χ1v) is 8.76. The van der Waals surface area contributed by atoms with E-state index in [0.29, 0.717) is 12.5 Å². The van der Waals surface area contributed by atoms with Gasteiger partial charge in [0.25, 0.3) is 0 Å². The van der Waals surface area contributed by atoms with Crippen LogP contribution in [-0.4, -0.2) is 36.7 Å². The van der Waals surface area contributed by atoms with Crippen LogP contribution in [-0.2, 0) is 24.0 Å². The maximum atomic E-state index is 5.88. The average Bonchev–Trinajstić information content (AvgIpc) is 3.14. The van der Waals surface area contributed by atoms with Gasteiger partial charge in [0, 0.05) is 24.4 Å². The summed E-state index contributed by atoms with van der Waals surface area (Å²) in [5.41, 5.74) is 7.21. The molecule has 6 heteroatoms. The van der Waals surface area contributed by atoms with E-state index < -0.39 is 0 Å². The third-order valence-electron chi connectivity index (χ3n) is 4.02. The average molecular weight is 308 g/mol. The molecule has 1 aliphatic carbocycles. The number of aryl methyl sites for hydroxylation is 2. The number of hydrogen-bond acceptors (Lipinski definition) is 4. The summed E-state index contributed by atoms with van der Waals surface area (Å²) in [5.74, 6) is 0.520. The molecule has 0 bridgehead atoms. The molecule has 2 heterocycles. The lowest BCUT2D eigenvalue weighted by atomic mass is 10.0. The van der Waals surface area contributed by atoms with Crippen molar-refractivity contribution in [3.63, 3.8) is 0 Å². The van der Waals surface area contributed by atoms with Gasteiger partial charge in [-0.15, -0.1) is 11.3 Å². The first-order chi connectivity index (χ1) is 10.3. The molecule has 1 unspecified atom stereocenters. The van der Waals surface area contributed by atoms with Gasteiger partial charge in [0.2, 0.25) is 0 Å². The molecule has 1 saturated heterocycles. The Morgan fingerprint density at radius 1 is 1.38 bits per heavy atom. The fourth-order valence-corrected chi connectivity index (χ4v) is 4.01. The number of hydrogen-bond donors (Lipinski definition) is 2. The zero-order valence-electron chi connectivity index (χ0n) is 12.4. The number of aromatic nitrogens is 1. The second-order valence-corrected chi connectivity index (χ2v) is 6.89. The van der Waals surface area contributed by atoms with Gasteiger partial charge in [0.05, 0.1) is 23.4 Å². The zero-order valence-corrected chi connectivity index (χ0v) is 13.3. The van der Waals surface area contributed by atoms with Gasteiger partial charge in [0.15, 0.2) is 5.96 Å². The third-order valence-corrected chi connectivity index (χ3v) is 5.24. The highest BCUT2D eigenvalue weighted by molar-refractivity contribution is 7.11. The van der Waals surface area contributed by atoms with Gasteiger partial charge in [-0.2, -0.15) is 0 Å². The highest BCUT2D eigenvalue weighted by Crippen LogP contribution is 2.26. The molecule has 0 spiro atoms. The SMILES string of the molecule is NC(=NCC1CCCO1)NCCc1nc2c(s1)CCCC2. The van der Waals surface area contributed by atoms with Gasteiger partial charge in [-0.3, -0.25) is 4.99 Å². The van der Waals surface area contributed by atoms with Crippen molar-refractivity contribution in [3.8, 4) is 0 Å². The van der Waals surface area contributed by atoms with E-state index in [-0.39, 0.29) is 6.10 Å². The van der Waals surface area contributed by atoms with Crippen molar-refractivity contribution in [3.05, 3.63) is 15.6 Å². The number of nitrogens with two attached hydrogens (primary N) is 1. The normalized spacial score (nSPS) is 22.3. The van der Waals surface area contributed by atoms with Crippen molar-refractivity contribution >= 4 is 17.3 Å². The van der Waals surface area contributed by atoms with Gasteiger partial charge in [-0.05, 0) is 38.5 Å². The van der Waals surface area contributed by atoms with Crippen molar-refractivity contribution in [1.29, 1.82) is 0 Å². The minimum absolute atomic E-state index is 0.260. The Bertz CT molecular complexity index is 470. The Balaban J connectivity index is 1.40. The number of thiazole rings is 1. The number of aliphatic imine (C=N–C) groups is 1. The van der Waals surface area contributed by atoms with E-state index in [0.717, 1.165) is 38.8 Å². The summed E-state index contributed by atoms with van der Waals surface area (Å²) in [6.07, 6.45) is 8.40. The van der Waals surface area contributed by atoms with Crippen LogP contribution in [0.15, 0.2) is 4.99 Å². The van der Waals surface area contributed by atoms with Gasteiger partial charge in [-0.25, -0.2) is 4.98 Å². The molecular weight excluding hydrogens is 284 g/mol. The fourth-order valence-electron chi connectivity index (χ4n) is 2.85. The number of guanidine groups is 1. The predicted molar refractivity (Wildman–Crippen MR) is 85.9 cm³/mol. The molecule has 0 radical (unpaired) electrons. The van der Waals surface area contributed by atoms with Crippen LogP contribution in [0.25, 0.3) is 0 Å². The van der Waals surface area contributed by atoms with E-state index in [9.17, 15) is 0 Å². The Morgan fingerprint density at radius 3 is 3.10 bits per heavy atom. The van der Waals surface area contributed by atoms with E-state index >= 15 is 0 Å². The maximum Gasteiger partial charge on any atom is 0.188 e. The molecule has 116 valence electrons. The van der Waals surface area contributed by atoms with Crippen LogP contribution in [0, 0.1) is 0 Å². The van der Waals surface area contributed by atoms with E-state index in [2.05, 4.69) is 10.3 Å². The molecule has 1 aliphatic heterocycles. The van der Waals surface area contributed by atoms with Crippen LogP contribution in [0.2, 0.25) is 0 Å². The van der Waals surface area contributed by atoms with Crippen LogP contribution >= 0.6 is 11.3 Å². The van der Waals surface area contributed by atoms with E-state index in [4.69, 9.17) is 15.5 Å². The predicted octanol–water partition coefficient (Wildman–Crippen LogP) is 1.65. The Labute approximate surface area is 130 Å². The number of nitrogens with one attached hydrogen (secondary N) is 1. The Hall–Kier alpha value is -1.14. The molecule has 3 N–H and O–H groups in total. The van der Waals surface area contributed by atoms with Gasteiger partial charge in [0.1, 0.15) is 0 Å². The highest BCUT2D eigenvalue weighted by atomic mass is 32.1. The van der Waals surface area contributed by atoms with Crippen LogP contribution < -0.4 is 11.1 Å². The van der Waals surface area contributed by atoms with Crippen molar-refractivity contribution < 1.29 is 4.74 Å². The molecule has 0 amide bonds. The second kappa shape index (κ2) is 7.22. The molecule has 21 heavy (non-hydrogen) atoms. The Morgan fingerprint density at radius 2 is 2.29 bits per heavy atom. The third kappa shape index (κ3) is 4.17. The quantitative estimate of drug-likeness (QED) is 0.641. The summed E-state index contributed by atoms with van der Waals surface area (Å²) in [4.78, 5) is 10.6. The summed E-state index contributed by atoms with van der Waals surface area (Å²) in [6, 6.07) is 0. The summed E-state index contributed by atoms with van der Waals surface area (Å²) < 4.78 is 5.52. The molecule has 0 saturated carbocycles. The lowest BCUT2D eigenvalue weighted by Gasteiger charge is -2.07. The van der Waals surface area contributed by atoms with E-state index in [1.807, 2.05) is 11.3 Å². The first-order valence-electron chi connectivity index (χ1n) is 7.94. The monoisotopic (exact) mass is 308 g/mol. The molecule has 3 rings (SSSR count). The molecule has 1 aromatic heterocycles. The Kier molecular flexibility index (Phi) is 5.08. The zero-order chi connectivity index (χ0) is 14.5. The van der Waals surface area contributed by atoms with E-state index in [1.54, 1.807) is 0 Å². The number of nitrogens with zero attached hydrogens (tertiary/aromatic N) is 2. The number of ether oxygens (including phenoxy) is 1. The topological polar surface area (TPSA) is 72.5 Å². The number of rotatable bonds is 5. The van der Waals surface area contributed by atoms with Crippen molar-refractivity contribution in [2.45, 2.75) is 51.0 Å². The highest BCUT2D eigenvalue weighted by Gasteiger charge is 2.15. The summed E-state index contributed by atoms with van der Waals surface area (Å²) in [5, 5.41) is 4.40. The molecule has 1 fully saturated rings. The van der Waals surface area contributed by atoms with Crippen LogP contribution in [0.3, 0.4) is 0 Å². The second-order valence-electron chi connectivity index (χ2n) is 5.72. The lowest BCUT2D eigenvalue weighted by molar-refractivity contribution is 0.118. The summed E-state index contributed by atoms with van der Waals surface area (Å²) in [6.45, 7) is 2.33. The molecule has 0 aromatic carbocycles. The molecule has 1 aromatic rings. The summed E-state index contributed by atoms with van der Waals surface area (Å²) >= 11 is 1.87. The minimum Gasteiger partial charge on any atom is -0.376 e. The fraction of sp³-hybridized carbons (Fsp3) is 0.733. The molecule has 1 atom stereocenters. The molecular formula is C15H24N4OS.